The highest BCUT2D eigenvalue weighted by Gasteiger charge is 2.21. The molecule has 1 heterocycles. The average molecular weight is 251 g/mol. The van der Waals surface area contributed by atoms with Gasteiger partial charge in [0.05, 0.1) is 6.54 Å². The topological polar surface area (TPSA) is 58.4 Å². The SMILES string of the molecule is Cc1cc(N2CCNC(=O)C2)c([C@@H](C)N)cc1F. The number of carbonyl (C=O) groups excluding carboxylic acids is 1. The van der Waals surface area contributed by atoms with Gasteiger partial charge in [0.25, 0.3) is 0 Å². The second-order valence-corrected chi connectivity index (χ2v) is 4.72. The molecule has 1 atom stereocenters. The summed E-state index contributed by atoms with van der Waals surface area (Å²) in [5, 5.41) is 2.77. The van der Waals surface area contributed by atoms with Crippen LogP contribution in [-0.4, -0.2) is 25.5 Å². The van der Waals surface area contributed by atoms with Gasteiger partial charge in [0, 0.05) is 24.8 Å². The lowest BCUT2D eigenvalue weighted by molar-refractivity contribution is -0.120. The summed E-state index contributed by atoms with van der Waals surface area (Å²) >= 11 is 0. The van der Waals surface area contributed by atoms with E-state index in [1.165, 1.54) is 6.07 Å². The molecule has 0 saturated carbocycles. The van der Waals surface area contributed by atoms with Gasteiger partial charge in [0.2, 0.25) is 5.91 Å². The van der Waals surface area contributed by atoms with E-state index in [4.69, 9.17) is 5.73 Å². The Bertz CT molecular complexity index is 474. The largest absolute Gasteiger partial charge is 0.360 e. The normalized spacial score (nSPS) is 17.6. The summed E-state index contributed by atoms with van der Waals surface area (Å²) in [5.74, 6) is -0.272. The molecule has 0 aromatic heterocycles. The number of amides is 1. The van der Waals surface area contributed by atoms with Crippen LogP contribution in [0.1, 0.15) is 24.1 Å². The minimum Gasteiger partial charge on any atom is -0.360 e. The van der Waals surface area contributed by atoms with E-state index in [0.717, 1.165) is 17.8 Å². The molecule has 1 aliphatic rings. The molecular formula is C13H18FN3O. The minimum absolute atomic E-state index is 0.0150. The number of nitrogens with two attached hydrogens (primary N) is 1. The predicted octanol–water partition coefficient (Wildman–Crippen LogP) is 1.09. The number of halogens is 1. The van der Waals surface area contributed by atoms with Gasteiger partial charge >= 0.3 is 0 Å². The van der Waals surface area contributed by atoms with Gasteiger partial charge in [-0.2, -0.15) is 0 Å². The molecule has 1 amide bonds. The second kappa shape index (κ2) is 4.94. The van der Waals surface area contributed by atoms with Crippen LogP contribution in [0.2, 0.25) is 0 Å². The number of hydrogen-bond acceptors (Lipinski definition) is 3. The Morgan fingerprint density at radius 2 is 2.22 bits per heavy atom. The molecule has 1 fully saturated rings. The lowest BCUT2D eigenvalue weighted by Crippen LogP contribution is -2.48. The Hall–Kier alpha value is -1.62. The van der Waals surface area contributed by atoms with Crippen molar-refractivity contribution in [3.8, 4) is 0 Å². The standard InChI is InChI=1S/C13H18FN3O/c1-8-5-12(10(9(2)15)6-11(8)14)17-4-3-16-13(18)7-17/h5-6,9H,3-4,7,15H2,1-2H3,(H,16,18)/t9-/m1/s1. The summed E-state index contributed by atoms with van der Waals surface area (Å²) in [6.45, 7) is 5.15. The summed E-state index contributed by atoms with van der Waals surface area (Å²) in [5.41, 5.74) is 8.05. The molecule has 5 heteroatoms. The van der Waals surface area contributed by atoms with Gasteiger partial charge in [-0.05, 0) is 37.1 Å². The molecule has 0 unspecified atom stereocenters. The van der Waals surface area contributed by atoms with Crippen molar-refractivity contribution in [1.29, 1.82) is 0 Å². The van der Waals surface area contributed by atoms with Crippen LogP contribution < -0.4 is 16.0 Å². The smallest absolute Gasteiger partial charge is 0.239 e. The molecule has 0 radical (unpaired) electrons. The van der Waals surface area contributed by atoms with Crippen molar-refractivity contribution in [2.24, 2.45) is 5.73 Å². The van der Waals surface area contributed by atoms with E-state index in [9.17, 15) is 9.18 Å². The van der Waals surface area contributed by atoms with Crippen molar-refractivity contribution in [1.82, 2.24) is 5.32 Å². The van der Waals surface area contributed by atoms with Gasteiger partial charge in [-0.1, -0.05) is 0 Å². The molecular weight excluding hydrogens is 233 g/mol. The number of aryl methyl sites for hydroxylation is 1. The Labute approximate surface area is 106 Å². The molecule has 1 aromatic carbocycles. The highest BCUT2D eigenvalue weighted by Crippen LogP contribution is 2.28. The van der Waals surface area contributed by atoms with E-state index in [-0.39, 0.29) is 17.8 Å². The molecule has 3 N–H and O–H groups in total. The number of piperazine rings is 1. The molecule has 1 saturated heterocycles. The number of hydrogen-bond donors (Lipinski definition) is 2. The molecule has 0 spiro atoms. The van der Waals surface area contributed by atoms with Crippen LogP contribution >= 0.6 is 0 Å². The first-order chi connectivity index (χ1) is 8.49. The van der Waals surface area contributed by atoms with E-state index in [2.05, 4.69) is 5.32 Å². The molecule has 1 aliphatic heterocycles. The molecule has 2 rings (SSSR count). The number of rotatable bonds is 2. The Balaban J connectivity index is 2.41. The maximum Gasteiger partial charge on any atom is 0.239 e. The van der Waals surface area contributed by atoms with Crippen molar-refractivity contribution >= 4 is 11.6 Å². The number of nitrogens with one attached hydrogen (secondary N) is 1. The third kappa shape index (κ3) is 2.46. The monoisotopic (exact) mass is 251 g/mol. The van der Waals surface area contributed by atoms with Crippen LogP contribution in [0.15, 0.2) is 12.1 Å². The highest BCUT2D eigenvalue weighted by molar-refractivity contribution is 5.83. The molecule has 1 aromatic rings. The van der Waals surface area contributed by atoms with Crippen molar-refractivity contribution < 1.29 is 9.18 Å². The number of carbonyl (C=O) groups is 1. The minimum atomic E-state index is -0.264. The summed E-state index contributed by atoms with van der Waals surface area (Å²) < 4.78 is 13.6. The Morgan fingerprint density at radius 3 is 2.83 bits per heavy atom. The predicted molar refractivity (Wildman–Crippen MR) is 69.0 cm³/mol. The molecule has 0 bridgehead atoms. The first kappa shape index (κ1) is 12.8. The third-order valence-corrected chi connectivity index (χ3v) is 3.18. The zero-order chi connectivity index (χ0) is 13.3. The van der Waals surface area contributed by atoms with Gasteiger partial charge < -0.3 is 16.0 Å². The molecule has 4 nitrogen and oxygen atoms in total. The number of nitrogens with zero attached hydrogens (tertiary/aromatic N) is 1. The van der Waals surface area contributed by atoms with Gasteiger partial charge in [0.1, 0.15) is 5.82 Å². The lowest BCUT2D eigenvalue weighted by Gasteiger charge is -2.31. The van der Waals surface area contributed by atoms with Gasteiger partial charge in [-0.25, -0.2) is 4.39 Å². The van der Waals surface area contributed by atoms with Gasteiger partial charge in [-0.3, -0.25) is 4.79 Å². The fourth-order valence-electron chi connectivity index (χ4n) is 2.16. The zero-order valence-corrected chi connectivity index (χ0v) is 10.7. The average Bonchev–Trinajstić information content (AvgIpc) is 2.31. The first-order valence-electron chi connectivity index (χ1n) is 6.06. The quantitative estimate of drug-likeness (QED) is 0.827. The summed E-state index contributed by atoms with van der Waals surface area (Å²) in [4.78, 5) is 13.4. The molecule has 98 valence electrons. The Morgan fingerprint density at radius 1 is 1.50 bits per heavy atom. The van der Waals surface area contributed by atoms with Crippen molar-refractivity contribution in [2.45, 2.75) is 19.9 Å². The molecule has 0 aliphatic carbocycles. The van der Waals surface area contributed by atoms with E-state index >= 15 is 0 Å². The Kier molecular flexibility index (Phi) is 3.52. The van der Waals surface area contributed by atoms with E-state index in [1.807, 2.05) is 11.8 Å². The second-order valence-electron chi connectivity index (χ2n) is 4.72. The van der Waals surface area contributed by atoms with Crippen molar-refractivity contribution in [3.63, 3.8) is 0 Å². The van der Waals surface area contributed by atoms with Crippen LogP contribution in [0.3, 0.4) is 0 Å². The maximum absolute atomic E-state index is 13.6. The maximum atomic E-state index is 13.6. The number of anilines is 1. The van der Waals surface area contributed by atoms with Crippen LogP contribution in [0.5, 0.6) is 0 Å². The van der Waals surface area contributed by atoms with Gasteiger partial charge in [-0.15, -0.1) is 0 Å². The van der Waals surface area contributed by atoms with Gasteiger partial charge in [0.15, 0.2) is 0 Å². The van der Waals surface area contributed by atoms with Crippen molar-refractivity contribution in [2.75, 3.05) is 24.5 Å². The zero-order valence-electron chi connectivity index (χ0n) is 10.7. The van der Waals surface area contributed by atoms with Crippen molar-refractivity contribution in [3.05, 3.63) is 29.1 Å². The number of benzene rings is 1. The highest BCUT2D eigenvalue weighted by atomic mass is 19.1. The van der Waals surface area contributed by atoms with Crippen LogP contribution in [0.4, 0.5) is 10.1 Å². The lowest BCUT2D eigenvalue weighted by atomic mass is 10.0. The van der Waals surface area contributed by atoms with Crippen LogP contribution in [-0.2, 0) is 4.79 Å². The molecule has 18 heavy (non-hydrogen) atoms. The first-order valence-corrected chi connectivity index (χ1v) is 6.06. The van der Waals surface area contributed by atoms with E-state index in [0.29, 0.717) is 18.7 Å². The van der Waals surface area contributed by atoms with E-state index in [1.54, 1.807) is 13.0 Å². The summed E-state index contributed by atoms with van der Waals surface area (Å²) in [6, 6.07) is 2.98. The summed E-state index contributed by atoms with van der Waals surface area (Å²) in [7, 11) is 0. The van der Waals surface area contributed by atoms with Crippen LogP contribution in [0, 0.1) is 12.7 Å². The third-order valence-electron chi connectivity index (χ3n) is 3.18. The van der Waals surface area contributed by atoms with Crippen LogP contribution in [0.25, 0.3) is 0 Å². The fraction of sp³-hybridized carbons (Fsp3) is 0.462. The summed E-state index contributed by atoms with van der Waals surface area (Å²) in [6.07, 6.45) is 0. The van der Waals surface area contributed by atoms with E-state index < -0.39 is 0 Å². The fourth-order valence-corrected chi connectivity index (χ4v) is 2.16.